The Balaban J connectivity index is 2.34. The molecule has 1 aliphatic rings. The maximum absolute atomic E-state index is 12.5. The molecule has 0 atom stereocenters. The van der Waals surface area contributed by atoms with E-state index >= 15 is 0 Å². The van der Waals surface area contributed by atoms with Gasteiger partial charge in [0.25, 0.3) is 0 Å². The molecule has 0 N–H and O–H groups in total. The average Bonchev–Trinajstić information content (AvgIpc) is 2.64. The predicted octanol–water partition coefficient (Wildman–Crippen LogP) is 2.12. The highest BCUT2D eigenvalue weighted by atomic mass is 79.9. The van der Waals surface area contributed by atoms with Crippen LogP contribution in [-0.4, -0.2) is 9.78 Å². The third kappa shape index (κ3) is 0.963. The minimum atomic E-state index is -0.410. The van der Waals surface area contributed by atoms with Gasteiger partial charge in [0.1, 0.15) is 0 Å². The van der Waals surface area contributed by atoms with E-state index in [0.717, 1.165) is 12.8 Å². The summed E-state index contributed by atoms with van der Waals surface area (Å²) in [6.45, 7) is 0. The molecular weight excluding hydrogens is 199 g/mol. The minimum absolute atomic E-state index is 0.410. The van der Waals surface area contributed by atoms with Gasteiger partial charge in [-0.1, -0.05) is 0 Å². The van der Waals surface area contributed by atoms with E-state index in [-0.39, 0.29) is 0 Å². The lowest BCUT2D eigenvalue weighted by atomic mass is 10.7. The SMILES string of the molecule is Fc1nn(C2CC2)cc1Br. The Hall–Kier alpha value is -0.380. The predicted molar refractivity (Wildman–Crippen MR) is 38.2 cm³/mol. The molecule has 0 aliphatic heterocycles. The molecule has 1 aliphatic carbocycles. The van der Waals surface area contributed by atoms with Crippen LogP contribution in [0, 0.1) is 5.95 Å². The Labute approximate surface area is 66.2 Å². The molecule has 4 heteroatoms. The number of hydrogen-bond acceptors (Lipinski definition) is 1. The van der Waals surface area contributed by atoms with Gasteiger partial charge in [-0.3, -0.25) is 4.68 Å². The van der Waals surface area contributed by atoms with Gasteiger partial charge >= 0.3 is 0 Å². The highest BCUT2D eigenvalue weighted by Gasteiger charge is 2.25. The zero-order chi connectivity index (χ0) is 7.14. The molecule has 0 unspecified atom stereocenters. The molecule has 1 aromatic rings. The molecule has 1 aromatic heterocycles. The van der Waals surface area contributed by atoms with Gasteiger partial charge in [-0.25, -0.2) is 0 Å². The second-order valence-electron chi connectivity index (χ2n) is 2.48. The van der Waals surface area contributed by atoms with Crippen molar-refractivity contribution in [2.45, 2.75) is 18.9 Å². The Bertz CT molecular complexity index is 235. The van der Waals surface area contributed by atoms with Crippen molar-refractivity contribution in [1.29, 1.82) is 0 Å². The zero-order valence-electron chi connectivity index (χ0n) is 5.22. The smallest absolute Gasteiger partial charge is 0.246 e. The number of aromatic nitrogens is 2. The minimum Gasteiger partial charge on any atom is -0.266 e. The molecule has 1 fully saturated rings. The summed E-state index contributed by atoms with van der Waals surface area (Å²) in [6, 6.07) is 0.459. The Morgan fingerprint density at radius 1 is 1.70 bits per heavy atom. The van der Waals surface area contributed by atoms with E-state index in [1.807, 2.05) is 0 Å². The Morgan fingerprint density at radius 3 is 2.80 bits per heavy atom. The molecule has 10 heavy (non-hydrogen) atoms. The molecular formula is C6H6BrFN2. The van der Waals surface area contributed by atoms with E-state index in [9.17, 15) is 4.39 Å². The summed E-state index contributed by atoms with van der Waals surface area (Å²) in [5.41, 5.74) is 0. The summed E-state index contributed by atoms with van der Waals surface area (Å²) in [6.07, 6.45) is 3.95. The molecule has 0 radical (unpaired) electrons. The van der Waals surface area contributed by atoms with Crippen LogP contribution in [0.25, 0.3) is 0 Å². The van der Waals surface area contributed by atoms with Crippen LogP contribution in [0.4, 0.5) is 4.39 Å². The first-order valence-corrected chi connectivity index (χ1v) is 3.97. The fourth-order valence-electron chi connectivity index (χ4n) is 0.874. The fraction of sp³-hybridized carbons (Fsp3) is 0.500. The van der Waals surface area contributed by atoms with Gasteiger partial charge in [0, 0.05) is 6.20 Å². The summed E-state index contributed by atoms with van der Waals surface area (Å²) < 4.78 is 14.7. The summed E-state index contributed by atoms with van der Waals surface area (Å²) in [5, 5.41) is 3.68. The second kappa shape index (κ2) is 2.05. The van der Waals surface area contributed by atoms with Gasteiger partial charge in [-0.15, -0.1) is 5.10 Å². The second-order valence-corrected chi connectivity index (χ2v) is 3.33. The van der Waals surface area contributed by atoms with Crippen molar-refractivity contribution in [3.05, 3.63) is 16.6 Å². The molecule has 0 spiro atoms. The summed E-state index contributed by atoms with van der Waals surface area (Å²) >= 11 is 3.05. The van der Waals surface area contributed by atoms with Crippen molar-refractivity contribution in [2.24, 2.45) is 0 Å². The van der Waals surface area contributed by atoms with Gasteiger partial charge < -0.3 is 0 Å². The molecule has 1 saturated carbocycles. The lowest BCUT2D eigenvalue weighted by molar-refractivity contribution is 0.526. The van der Waals surface area contributed by atoms with E-state index in [2.05, 4.69) is 21.0 Å². The molecule has 1 heterocycles. The molecule has 54 valence electrons. The summed E-state index contributed by atoms with van der Waals surface area (Å²) in [5.74, 6) is -0.410. The van der Waals surface area contributed by atoms with Crippen molar-refractivity contribution in [3.63, 3.8) is 0 Å². The van der Waals surface area contributed by atoms with Gasteiger partial charge in [0.2, 0.25) is 5.95 Å². The van der Waals surface area contributed by atoms with E-state index in [4.69, 9.17) is 0 Å². The first kappa shape index (κ1) is 6.34. The molecule has 0 saturated heterocycles. The first-order valence-electron chi connectivity index (χ1n) is 3.17. The average molecular weight is 205 g/mol. The van der Waals surface area contributed by atoms with Gasteiger partial charge in [-0.05, 0) is 28.8 Å². The van der Waals surface area contributed by atoms with E-state index in [1.54, 1.807) is 10.9 Å². The van der Waals surface area contributed by atoms with Crippen LogP contribution in [0.3, 0.4) is 0 Å². The number of halogens is 2. The van der Waals surface area contributed by atoms with Crippen molar-refractivity contribution >= 4 is 15.9 Å². The lowest BCUT2D eigenvalue weighted by Gasteiger charge is -1.91. The quantitative estimate of drug-likeness (QED) is 0.686. The third-order valence-corrected chi connectivity index (χ3v) is 2.10. The fourth-order valence-corrected chi connectivity index (χ4v) is 1.16. The van der Waals surface area contributed by atoms with Crippen LogP contribution < -0.4 is 0 Å². The first-order chi connectivity index (χ1) is 4.77. The number of rotatable bonds is 1. The monoisotopic (exact) mass is 204 g/mol. The van der Waals surface area contributed by atoms with Gasteiger partial charge in [0.05, 0.1) is 10.5 Å². The van der Waals surface area contributed by atoms with Crippen molar-refractivity contribution in [1.82, 2.24) is 9.78 Å². The van der Waals surface area contributed by atoms with Crippen LogP contribution in [0.1, 0.15) is 18.9 Å². The Morgan fingerprint density at radius 2 is 2.40 bits per heavy atom. The van der Waals surface area contributed by atoms with Crippen molar-refractivity contribution in [3.8, 4) is 0 Å². The van der Waals surface area contributed by atoms with Crippen LogP contribution in [0.5, 0.6) is 0 Å². The largest absolute Gasteiger partial charge is 0.266 e. The molecule has 0 bridgehead atoms. The lowest BCUT2D eigenvalue weighted by Crippen LogP contribution is -1.93. The van der Waals surface area contributed by atoms with Gasteiger partial charge in [-0.2, -0.15) is 4.39 Å². The van der Waals surface area contributed by atoms with Crippen molar-refractivity contribution < 1.29 is 4.39 Å². The van der Waals surface area contributed by atoms with Crippen molar-refractivity contribution in [2.75, 3.05) is 0 Å². The maximum Gasteiger partial charge on any atom is 0.246 e. The van der Waals surface area contributed by atoms with Crippen LogP contribution in [-0.2, 0) is 0 Å². The summed E-state index contributed by atoms with van der Waals surface area (Å²) in [4.78, 5) is 0. The van der Waals surface area contributed by atoms with E-state index in [1.165, 1.54) is 0 Å². The molecule has 0 amide bonds. The standard InChI is InChI=1S/C6H6BrFN2/c7-5-3-10(4-1-2-4)9-6(5)8/h3-4H,1-2H2. The maximum atomic E-state index is 12.5. The molecule has 0 aromatic carbocycles. The van der Waals surface area contributed by atoms with E-state index < -0.39 is 5.95 Å². The van der Waals surface area contributed by atoms with Crippen LogP contribution >= 0.6 is 15.9 Å². The topological polar surface area (TPSA) is 17.8 Å². The highest BCUT2D eigenvalue weighted by Crippen LogP contribution is 2.35. The number of nitrogens with zero attached hydrogens (tertiary/aromatic N) is 2. The van der Waals surface area contributed by atoms with Gasteiger partial charge in [0.15, 0.2) is 0 Å². The normalized spacial score (nSPS) is 17.8. The molecule has 2 nitrogen and oxygen atoms in total. The molecule has 2 rings (SSSR count). The Kier molecular flexibility index (Phi) is 1.30. The highest BCUT2D eigenvalue weighted by molar-refractivity contribution is 9.10. The van der Waals surface area contributed by atoms with Crippen LogP contribution in [0.2, 0.25) is 0 Å². The third-order valence-electron chi connectivity index (χ3n) is 1.57. The summed E-state index contributed by atoms with van der Waals surface area (Å²) in [7, 11) is 0. The zero-order valence-corrected chi connectivity index (χ0v) is 6.81. The van der Waals surface area contributed by atoms with E-state index in [0.29, 0.717) is 10.5 Å². The van der Waals surface area contributed by atoms with Crippen LogP contribution in [0.15, 0.2) is 10.7 Å². The number of hydrogen-bond donors (Lipinski definition) is 0.